The molecule has 0 amide bonds. The van der Waals surface area contributed by atoms with Gasteiger partial charge in [-0.3, -0.25) is 4.79 Å². The second-order valence-corrected chi connectivity index (χ2v) is 8.41. The minimum Gasteiger partial charge on any atom is -0.481 e. The fourth-order valence-electron chi connectivity index (χ4n) is 4.28. The first-order chi connectivity index (χ1) is 15.0. The summed E-state index contributed by atoms with van der Waals surface area (Å²) in [5.41, 5.74) is 4.09. The molecule has 6 nitrogen and oxygen atoms in total. The number of nitrogens with one attached hydrogen (secondary N) is 2. The van der Waals surface area contributed by atoms with Crippen LogP contribution in [-0.4, -0.2) is 26.0 Å². The molecule has 1 aliphatic rings. The third kappa shape index (κ3) is 3.64. The second kappa shape index (κ2) is 7.71. The number of aromatic amines is 1. The smallest absolute Gasteiger partial charge is 0.307 e. The number of carboxylic acids is 1. The summed E-state index contributed by atoms with van der Waals surface area (Å²) < 4.78 is 0. The average Bonchev–Trinajstić information content (AvgIpc) is 3.13. The normalized spacial score (nSPS) is 14.9. The Morgan fingerprint density at radius 3 is 2.68 bits per heavy atom. The summed E-state index contributed by atoms with van der Waals surface area (Å²) >= 11 is 6.06. The number of aromatic nitrogens is 3. The van der Waals surface area contributed by atoms with Crippen molar-refractivity contribution >= 4 is 40.1 Å². The number of aliphatic carboxylic acids is 1. The molecule has 0 saturated heterocycles. The molecule has 2 heterocycles. The van der Waals surface area contributed by atoms with Crippen LogP contribution in [0.3, 0.4) is 0 Å². The molecule has 156 valence electrons. The van der Waals surface area contributed by atoms with Gasteiger partial charge in [-0.05, 0) is 54.3 Å². The van der Waals surface area contributed by atoms with Gasteiger partial charge in [0.25, 0.3) is 0 Å². The van der Waals surface area contributed by atoms with Crippen LogP contribution >= 0.6 is 11.6 Å². The minimum absolute atomic E-state index is 0.0416. The molecular weight excluding hydrogens is 412 g/mol. The molecule has 2 aromatic heterocycles. The first-order valence-corrected chi connectivity index (χ1v) is 10.6. The topological polar surface area (TPSA) is 90.9 Å². The molecule has 1 saturated carbocycles. The Bertz CT molecular complexity index is 1260. The number of benzene rings is 2. The van der Waals surface area contributed by atoms with Crippen molar-refractivity contribution in [2.75, 3.05) is 5.32 Å². The number of anilines is 2. The third-order valence-electron chi connectivity index (χ3n) is 6.01. The molecule has 0 atom stereocenters. The van der Waals surface area contributed by atoms with Gasteiger partial charge in [0.15, 0.2) is 0 Å². The third-order valence-corrected chi connectivity index (χ3v) is 6.25. The number of hydrogen-bond donors (Lipinski definition) is 3. The van der Waals surface area contributed by atoms with Crippen LogP contribution in [0.4, 0.5) is 11.5 Å². The van der Waals surface area contributed by atoms with Crippen LogP contribution in [-0.2, 0) is 16.6 Å². The zero-order valence-electron chi connectivity index (χ0n) is 16.7. The number of carboxylic acid groups (broad SMARTS) is 1. The molecule has 1 aliphatic carbocycles. The summed E-state index contributed by atoms with van der Waals surface area (Å²) in [5.74, 6) is 0.764. The van der Waals surface area contributed by atoms with Gasteiger partial charge in [-0.2, -0.15) is 0 Å². The zero-order valence-corrected chi connectivity index (χ0v) is 17.5. The Kier molecular flexibility index (Phi) is 4.87. The largest absolute Gasteiger partial charge is 0.481 e. The van der Waals surface area contributed by atoms with E-state index in [1.54, 1.807) is 0 Å². The molecular formula is C24H21ClN4O2. The van der Waals surface area contributed by atoms with Crippen molar-refractivity contribution < 1.29 is 9.90 Å². The number of halogens is 1. The van der Waals surface area contributed by atoms with Crippen LogP contribution in [0.15, 0.2) is 60.8 Å². The van der Waals surface area contributed by atoms with Gasteiger partial charge >= 0.3 is 5.97 Å². The van der Waals surface area contributed by atoms with E-state index in [2.05, 4.69) is 21.4 Å². The van der Waals surface area contributed by atoms with Crippen LogP contribution in [0, 0.1) is 0 Å². The number of fused-ring (bicyclic) bond motifs is 1. The number of carbonyl (C=O) groups is 1. The lowest BCUT2D eigenvalue weighted by Crippen LogP contribution is -2.36. The van der Waals surface area contributed by atoms with Crippen molar-refractivity contribution in [3.63, 3.8) is 0 Å². The highest BCUT2D eigenvalue weighted by Gasteiger charge is 2.43. The molecule has 4 aromatic rings. The van der Waals surface area contributed by atoms with Gasteiger partial charge in [-0.25, -0.2) is 9.97 Å². The fraction of sp³-hybridized carbons (Fsp3) is 0.208. The Labute approximate surface area is 184 Å². The van der Waals surface area contributed by atoms with Crippen LogP contribution in [0.5, 0.6) is 0 Å². The van der Waals surface area contributed by atoms with Crippen molar-refractivity contribution in [3.05, 3.63) is 82.8 Å². The molecule has 0 bridgehead atoms. The van der Waals surface area contributed by atoms with E-state index in [0.717, 1.165) is 58.8 Å². The summed E-state index contributed by atoms with van der Waals surface area (Å²) in [6, 6.07) is 17.2. The Morgan fingerprint density at radius 1 is 1.16 bits per heavy atom. The van der Waals surface area contributed by atoms with Crippen LogP contribution in [0.1, 0.15) is 36.2 Å². The van der Waals surface area contributed by atoms with Crippen molar-refractivity contribution in [3.8, 4) is 0 Å². The van der Waals surface area contributed by atoms with E-state index in [9.17, 15) is 9.90 Å². The van der Waals surface area contributed by atoms with Crippen LogP contribution < -0.4 is 5.32 Å². The van der Waals surface area contributed by atoms with Crippen molar-refractivity contribution in [1.82, 2.24) is 15.0 Å². The number of H-pyrrole nitrogens is 1. The minimum atomic E-state index is -0.859. The highest BCUT2D eigenvalue weighted by atomic mass is 35.5. The quantitative estimate of drug-likeness (QED) is 0.376. The summed E-state index contributed by atoms with van der Waals surface area (Å²) in [4.78, 5) is 24.1. The number of para-hydroxylation sites is 1. The van der Waals surface area contributed by atoms with Gasteiger partial charge < -0.3 is 15.4 Å². The zero-order chi connectivity index (χ0) is 21.4. The van der Waals surface area contributed by atoms with Crippen molar-refractivity contribution in [2.45, 2.75) is 31.1 Å². The van der Waals surface area contributed by atoms with Gasteiger partial charge in [-0.15, -0.1) is 0 Å². The lowest BCUT2D eigenvalue weighted by Gasteiger charge is -2.40. The molecule has 0 aliphatic heterocycles. The predicted octanol–water partition coefficient (Wildman–Crippen LogP) is 5.45. The molecule has 1 fully saturated rings. The highest BCUT2D eigenvalue weighted by molar-refractivity contribution is 6.30. The Balaban J connectivity index is 1.46. The SMILES string of the molecule is O=C(O)Cc1cccc2[nH]c(C3(c4ccc(Nc5cccc(Cl)c5)nc4)CCC3)nc12. The van der Waals surface area contributed by atoms with E-state index in [4.69, 9.17) is 16.6 Å². The summed E-state index contributed by atoms with van der Waals surface area (Å²) in [6.45, 7) is 0. The second-order valence-electron chi connectivity index (χ2n) is 7.97. The molecule has 2 aromatic carbocycles. The average molecular weight is 433 g/mol. The molecule has 31 heavy (non-hydrogen) atoms. The Hall–Kier alpha value is -3.38. The lowest BCUT2D eigenvalue weighted by atomic mass is 9.64. The molecule has 3 N–H and O–H groups in total. The van der Waals surface area contributed by atoms with E-state index >= 15 is 0 Å². The first-order valence-electron chi connectivity index (χ1n) is 10.2. The van der Waals surface area contributed by atoms with Crippen molar-refractivity contribution in [2.24, 2.45) is 0 Å². The monoisotopic (exact) mass is 432 g/mol. The van der Waals surface area contributed by atoms with Gasteiger partial charge in [0.1, 0.15) is 11.6 Å². The Morgan fingerprint density at radius 2 is 2.00 bits per heavy atom. The first kappa shape index (κ1) is 19.6. The van der Waals surface area contributed by atoms with Gasteiger partial charge in [0.05, 0.1) is 22.9 Å². The number of nitrogens with zero attached hydrogens (tertiary/aromatic N) is 2. The molecule has 0 radical (unpaired) electrons. The summed E-state index contributed by atoms with van der Waals surface area (Å²) in [7, 11) is 0. The van der Waals surface area contributed by atoms with E-state index in [-0.39, 0.29) is 11.8 Å². The molecule has 7 heteroatoms. The van der Waals surface area contributed by atoms with Gasteiger partial charge in [-0.1, -0.05) is 42.3 Å². The van der Waals surface area contributed by atoms with Crippen LogP contribution in [0.25, 0.3) is 11.0 Å². The summed E-state index contributed by atoms with van der Waals surface area (Å²) in [6.07, 6.45) is 4.92. The maximum Gasteiger partial charge on any atom is 0.307 e. The number of rotatable bonds is 6. The number of hydrogen-bond acceptors (Lipinski definition) is 4. The van der Waals surface area contributed by atoms with E-state index in [1.165, 1.54) is 0 Å². The van der Waals surface area contributed by atoms with E-state index in [1.807, 2.05) is 54.7 Å². The lowest BCUT2D eigenvalue weighted by molar-refractivity contribution is -0.136. The van der Waals surface area contributed by atoms with Gasteiger partial charge in [0.2, 0.25) is 0 Å². The molecule has 5 rings (SSSR count). The predicted molar refractivity (Wildman–Crippen MR) is 121 cm³/mol. The standard InChI is InChI=1S/C24H21ClN4O2/c25-17-5-2-6-18(13-17)27-20-9-8-16(14-26-20)24(10-3-11-24)23-28-19-7-1-4-15(12-21(30)31)22(19)29-23/h1-2,4-9,13-14H,3,10-12H2,(H,26,27)(H,28,29)(H,30,31). The van der Waals surface area contributed by atoms with Gasteiger partial charge in [0, 0.05) is 16.9 Å². The number of imidazole rings is 1. The highest BCUT2D eigenvalue weighted by Crippen LogP contribution is 2.48. The summed E-state index contributed by atoms with van der Waals surface area (Å²) in [5, 5.41) is 13.2. The maximum absolute atomic E-state index is 11.2. The van der Waals surface area contributed by atoms with Crippen molar-refractivity contribution in [1.29, 1.82) is 0 Å². The molecule has 0 unspecified atom stereocenters. The van der Waals surface area contributed by atoms with E-state index < -0.39 is 5.97 Å². The van der Waals surface area contributed by atoms with Crippen LogP contribution in [0.2, 0.25) is 5.02 Å². The molecule has 0 spiro atoms. The maximum atomic E-state index is 11.2. The number of pyridine rings is 1. The van der Waals surface area contributed by atoms with E-state index in [0.29, 0.717) is 5.02 Å². The fourth-order valence-corrected chi connectivity index (χ4v) is 4.47.